The van der Waals surface area contributed by atoms with Gasteiger partial charge >= 0.3 is 0 Å². The van der Waals surface area contributed by atoms with Crippen molar-refractivity contribution in [3.63, 3.8) is 0 Å². The Morgan fingerprint density at radius 1 is 1.05 bits per heavy atom. The molecule has 0 N–H and O–H groups in total. The predicted octanol–water partition coefficient (Wildman–Crippen LogP) is 3.60. The van der Waals surface area contributed by atoms with Crippen molar-refractivity contribution in [1.29, 1.82) is 0 Å². The van der Waals surface area contributed by atoms with E-state index in [2.05, 4.69) is 16.9 Å². The molecular weight excluding hydrogens is 276 g/mol. The lowest BCUT2D eigenvalue weighted by Gasteiger charge is -2.08. The van der Waals surface area contributed by atoms with E-state index in [-0.39, 0.29) is 0 Å². The molecule has 0 aliphatic carbocycles. The standard InChI is InChI=1S/C15H17ClN2O2/c1-2-8-19-9-10-20-14-11-13(16)17-15(18-14)12-6-4-3-5-7-12/h3-7,11H,2,8-10H2,1H3. The first-order valence-corrected chi connectivity index (χ1v) is 6.98. The van der Waals surface area contributed by atoms with E-state index in [1.807, 2.05) is 30.3 Å². The van der Waals surface area contributed by atoms with Gasteiger partial charge in [0.25, 0.3) is 0 Å². The number of aromatic nitrogens is 2. The second-order valence-corrected chi connectivity index (χ2v) is 4.57. The smallest absolute Gasteiger partial charge is 0.218 e. The van der Waals surface area contributed by atoms with Crippen molar-refractivity contribution >= 4 is 11.6 Å². The number of hydrogen-bond acceptors (Lipinski definition) is 4. The normalized spacial score (nSPS) is 10.5. The van der Waals surface area contributed by atoms with Gasteiger partial charge in [0.1, 0.15) is 11.8 Å². The third kappa shape index (κ3) is 4.47. The molecule has 0 saturated heterocycles. The van der Waals surface area contributed by atoms with Crippen LogP contribution in [0.1, 0.15) is 13.3 Å². The maximum absolute atomic E-state index is 6.00. The Balaban J connectivity index is 2.02. The largest absolute Gasteiger partial charge is 0.475 e. The van der Waals surface area contributed by atoms with Crippen molar-refractivity contribution in [3.05, 3.63) is 41.6 Å². The minimum Gasteiger partial charge on any atom is -0.475 e. The molecule has 0 unspecified atom stereocenters. The fraction of sp³-hybridized carbons (Fsp3) is 0.333. The van der Waals surface area contributed by atoms with Crippen LogP contribution in [0.2, 0.25) is 5.15 Å². The van der Waals surface area contributed by atoms with E-state index in [9.17, 15) is 0 Å². The van der Waals surface area contributed by atoms with E-state index in [0.29, 0.717) is 30.1 Å². The van der Waals surface area contributed by atoms with Gasteiger partial charge in [-0.3, -0.25) is 0 Å². The number of nitrogens with zero attached hydrogens (tertiary/aromatic N) is 2. The molecule has 0 fully saturated rings. The van der Waals surface area contributed by atoms with Crippen LogP contribution in [0.4, 0.5) is 0 Å². The molecule has 0 spiro atoms. The summed E-state index contributed by atoms with van der Waals surface area (Å²) in [6, 6.07) is 11.3. The van der Waals surface area contributed by atoms with Gasteiger partial charge in [-0.15, -0.1) is 0 Å². The third-order valence-electron chi connectivity index (χ3n) is 2.53. The van der Waals surface area contributed by atoms with Crippen LogP contribution in [0.3, 0.4) is 0 Å². The van der Waals surface area contributed by atoms with Gasteiger partial charge < -0.3 is 9.47 Å². The molecule has 5 heteroatoms. The van der Waals surface area contributed by atoms with E-state index < -0.39 is 0 Å². The molecule has 0 aliphatic rings. The van der Waals surface area contributed by atoms with E-state index in [4.69, 9.17) is 21.1 Å². The van der Waals surface area contributed by atoms with Crippen molar-refractivity contribution < 1.29 is 9.47 Å². The number of hydrogen-bond donors (Lipinski definition) is 0. The highest BCUT2D eigenvalue weighted by atomic mass is 35.5. The van der Waals surface area contributed by atoms with Crippen molar-refractivity contribution in [2.24, 2.45) is 0 Å². The number of benzene rings is 1. The van der Waals surface area contributed by atoms with Gasteiger partial charge in [0, 0.05) is 18.2 Å². The first-order chi connectivity index (χ1) is 9.79. The number of rotatable bonds is 7. The highest BCUT2D eigenvalue weighted by molar-refractivity contribution is 6.29. The van der Waals surface area contributed by atoms with Crippen molar-refractivity contribution in [3.8, 4) is 17.3 Å². The summed E-state index contributed by atoms with van der Waals surface area (Å²) >= 11 is 6.00. The summed E-state index contributed by atoms with van der Waals surface area (Å²) in [5, 5.41) is 0.364. The molecule has 20 heavy (non-hydrogen) atoms. The lowest BCUT2D eigenvalue weighted by atomic mass is 10.2. The highest BCUT2D eigenvalue weighted by Gasteiger charge is 2.06. The molecule has 106 valence electrons. The number of ether oxygens (including phenoxy) is 2. The fourth-order valence-electron chi connectivity index (χ4n) is 1.64. The van der Waals surface area contributed by atoms with E-state index in [1.165, 1.54) is 0 Å². The minimum absolute atomic E-state index is 0.364. The van der Waals surface area contributed by atoms with Crippen LogP contribution < -0.4 is 4.74 Å². The Labute approximate surface area is 123 Å². The van der Waals surface area contributed by atoms with Crippen LogP contribution in [0.5, 0.6) is 5.88 Å². The van der Waals surface area contributed by atoms with Crippen LogP contribution in [0.15, 0.2) is 36.4 Å². The Kier molecular flexibility index (Phi) is 5.77. The van der Waals surface area contributed by atoms with Gasteiger partial charge in [-0.2, -0.15) is 4.98 Å². The molecule has 0 amide bonds. The Bertz CT molecular complexity index is 535. The Morgan fingerprint density at radius 3 is 2.60 bits per heavy atom. The molecule has 1 heterocycles. The van der Waals surface area contributed by atoms with Crippen LogP contribution in [-0.2, 0) is 4.74 Å². The molecule has 2 aromatic rings. The van der Waals surface area contributed by atoms with Gasteiger partial charge in [0.2, 0.25) is 5.88 Å². The molecule has 1 aromatic heterocycles. The van der Waals surface area contributed by atoms with Gasteiger partial charge in [0.05, 0.1) is 6.61 Å². The summed E-state index contributed by atoms with van der Waals surface area (Å²) in [6.45, 7) is 3.79. The van der Waals surface area contributed by atoms with Gasteiger partial charge in [0.15, 0.2) is 5.82 Å². The van der Waals surface area contributed by atoms with Crippen molar-refractivity contribution in [2.75, 3.05) is 19.8 Å². The zero-order valence-corrected chi connectivity index (χ0v) is 12.1. The zero-order chi connectivity index (χ0) is 14.2. The molecule has 0 aliphatic heterocycles. The monoisotopic (exact) mass is 292 g/mol. The van der Waals surface area contributed by atoms with Crippen LogP contribution >= 0.6 is 11.6 Å². The second-order valence-electron chi connectivity index (χ2n) is 4.18. The topological polar surface area (TPSA) is 44.2 Å². The van der Waals surface area contributed by atoms with Crippen molar-refractivity contribution in [1.82, 2.24) is 9.97 Å². The maximum atomic E-state index is 6.00. The predicted molar refractivity (Wildman–Crippen MR) is 79.1 cm³/mol. The van der Waals surface area contributed by atoms with Crippen LogP contribution in [-0.4, -0.2) is 29.8 Å². The average Bonchev–Trinajstić information content (AvgIpc) is 2.47. The molecule has 0 atom stereocenters. The molecule has 2 rings (SSSR count). The van der Waals surface area contributed by atoms with Gasteiger partial charge in [-0.05, 0) is 6.42 Å². The first-order valence-electron chi connectivity index (χ1n) is 6.60. The molecule has 1 aromatic carbocycles. The summed E-state index contributed by atoms with van der Waals surface area (Å²) in [7, 11) is 0. The zero-order valence-electron chi connectivity index (χ0n) is 11.4. The van der Waals surface area contributed by atoms with E-state index in [1.54, 1.807) is 6.07 Å². The van der Waals surface area contributed by atoms with E-state index in [0.717, 1.165) is 18.6 Å². The van der Waals surface area contributed by atoms with Gasteiger partial charge in [-0.1, -0.05) is 48.9 Å². The fourth-order valence-corrected chi connectivity index (χ4v) is 1.81. The summed E-state index contributed by atoms with van der Waals surface area (Å²) in [5.74, 6) is 1.02. The van der Waals surface area contributed by atoms with Crippen LogP contribution in [0, 0.1) is 0 Å². The molecule has 0 bridgehead atoms. The second kappa shape index (κ2) is 7.82. The summed E-state index contributed by atoms with van der Waals surface area (Å²) in [4.78, 5) is 8.55. The quantitative estimate of drug-likeness (QED) is 0.578. The first kappa shape index (κ1) is 14.8. The molecule has 0 radical (unpaired) electrons. The average molecular weight is 293 g/mol. The van der Waals surface area contributed by atoms with Crippen molar-refractivity contribution in [2.45, 2.75) is 13.3 Å². The Hall–Kier alpha value is -1.65. The van der Waals surface area contributed by atoms with Gasteiger partial charge in [-0.25, -0.2) is 4.98 Å². The number of halogens is 1. The van der Waals surface area contributed by atoms with E-state index >= 15 is 0 Å². The summed E-state index contributed by atoms with van der Waals surface area (Å²) < 4.78 is 10.9. The lowest BCUT2D eigenvalue weighted by Crippen LogP contribution is -2.08. The molecule has 0 saturated carbocycles. The molecular formula is C15H17ClN2O2. The summed E-state index contributed by atoms with van der Waals surface area (Å²) in [5.41, 5.74) is 0.905. The molecule has 4 nitrogen and oxygen atoms in total. The maximum Gasteiger partial charge on any atom is 0.218 e. The SMILES string of the molecule is CCCOCCOc1cc(Cl)nc(-c2ccccc2)n1. The Morgan fingerprint density at radius 2 is 1.85 bits per heavy atom. The minimum atomic E-state index is 0.364. The highest BCUT2D eigenvalue weighted by Crippen LogP contribution is 2.21. The van der Waals surface area contributed by atoms with Crippen LogP contribution in [0.25, 0.3) is 11.4 Å². The summed E-state index contributed by atoms with van der Waals surface area (Å²) in [6.07, 6.45) is 0.998. The lowest BCUT2D eigenvalue weighted by molar-refractivity contribution is 0.0990. The third-order valence-corrected chi connectivity index (χ3v) is 2.72.